The fraction of sp³-hybridized carbons (Fsp3) is 0.471. The molecule has 0 saturated carbocycles. The number of hydrogen-bond donors (Lipinski definition) is 0. The molecule has 124 valence electrons. The largest absolute Gasteiger partial charge is 0.371 e. The fourth-order valence-corrected chi connectivity index (χ4v) is 3.55. The van der Waals surface area contributed by atoms with Crippen molar-refractivity contribution in [2.75, 3.05) is 26.2 Å². The third-order valence-electron chi connectivity index (χ3n) is 4.21. The molecule has 0 spiro atoms. The van der Waals surface area contributed by atoms with E-state index in [4.69, 9.17) is 27.9 Å². The number of aromatic nitrogens is 2. The van der Waals surface area contributed by atoms with E-state index in [1.165, 1.54) is 0 Å². The van der Waals surface area contributed by atoms with Gasteiger partial charge in [0.25, 0.3) is 0 Å². The summed E-state index contributed by atoms with van der Waals surface area (Å²) < 4.78 is 7.69. The molecule has 1 aromatic carbocycles. The van der Waals surface area contributed by atoms with Gasteiger partial charge in [0.1, 0.15) is 0 Å². The van der Waals surface area contributed by atoms with Crippen LogP contribution in [-0.4, -0.2) is 40.9 Å². The van der Waals surface area contributed by atoms with Gasteiger partial charge in [-0.1, -0.05) is 29.3 Å². The maximum atomic E-state index is 6.23. The normalized spacial score (nSPS) is 19.2. The van der Waals surface area contributed by atoms with Gasteiger partial charge in [-0.05, 0) is 37.1 Å². The van der Waals surface area contributed by atoms with Crippen molar-refractivity contribution < 1.29 is 4.74 Å². The average Bonchev–Trinajstić information content (AvgIpc) is 2.97. The maximum Gasteiger partial charge on any atom is 0.0982 e. The van der Waals surface area contributed by atoms with Crippen molar-refractivity contribution in [3.05, 3.63) is 51.8 Å². The molecule has 0 bridgehead atoms. The molecule has 1 aromatic heterocycles. The molecular weight excluding hydrogens is 333 g/mol. The van der Waals surface area contributed by atoms with Crippen LogP contribution in [0.1, 0.15) is 23.7 Å². The number of morpholine rings is 1. The Kier molecular flexibility index (Phi) is 5.59. The lowest BCUT2D eigenvalue weighted by Crippen LogP contribution is -2.38. The number of halogens is 2. The molecule has 2 aromatic rings. The molecule has 0 unspecified atom stereocenters. The monoisotopic (exact) mass is 353 g/mol. The van der Waals surface area contributed by atoms with Crippen LogP contribution in [-0.2, 0) is 18.2 Å². The van der Waals surface area contributed by atoms with Crippen LogP contribution < -0.4 is 0 Å². The summed E-state index contributed by atoms with van der Waals surface area (Å²) >= 11 is 12.5. The molecule has 1 fully saturated rings. The lowest BCUT2D eigenvalue weighted by atomic mass is 10.1. The van der Waals surface area contributed by atoms with Crippen LogP contribution in [0.4, 0.5) is 0 Å². The van der Waals surface area contributed by atoms with E-state index in [0.717, 1.165) is 60.3 Å². The first-order valence-corrected chi connectivity index (χ1v) is 8.64. The lowest BCUT2D eigenvalue weighted by molar-refractivity contribution is -0.0302. The number of ether oxygens (including phenoxy) is 1. The Balaban J connectivity index is 1.52. The smallest absolute Gasteiger partial charge is 0.0982 e. The molecule has 0 amide bonds. The minimum absolute atomic E-state index is 0.112. The Morgan fingerprint density at radius 1 is 1.30 bits per heavy atom. The highest BCUT2D eigenvalue weighted by Crippen LogP contribution is 2.26. The van der Waals surface area contributed by atoms with Crippen molar-refractivity contribution in [2.45, 2.75) is 18.9 Å². The van der Waals surface area contributed by atoms with E-state index in [-0.39, 0.29) is 6.10 Å². The highest BCUT2D eigenvalue weighted by atomic mass is 35.5. The molecule has 1 atom stereocenters. The van der Waals surface area contributed by atoms with Crippen LogP contribution in [0.2, 0.25) is 10.0 Å². The highest BCUT2D eigenvalue weighted by molar-refractivity contribution is 6.35. The molecule has 1 saturated heterocycles. The minimum atomic E-state index is 0.112. The standard InChI is InChI=1S/C17H21Cl2N3O/c1-21-11-13(10-20-21)17-12-22(8-9-23-17)7-3-4-14-15(18)5-2-6-16(14)19/h2,5-6,10-11,17H,3-4,7-9,12H2,1H3/t17-/m1/s1. The molecule has 4 nitrogen and oxygen atoms in total. The molecular formula is C17H21Cl2N3O. The Labute approximate surface area is 146 Å². The van der Waals surface area contributed by atoms with Crippen molar-refractivity contribution in [3.8, 4) is 0 Å². The van der Waals surface area contributed by atoms with Gasteiger partial charge in [-0.15, -0.1) is 0 Å². The molecule has 1 aliphatic heterocycles. The predicted molar refractivity (Wildman–Crippen MR) is 93.1 cm³/mol. The van der Waals surface area contributed by atoms with E-state index in [9.17, 15) is 0 Å². The first kappa shape index (κ1) is 16.8. The summed E-state index contributed by atoms with van der Waals surface area (Å²) in [6.07, 6.45) is 5.95. The highest BCUT2D eigenvalue weighted by Gasteiger charge is 2.22. The molecule has 0 aliphatic carbocycles. The molecule has 1 aliphatic rings. The van der Waals surface area contributed by atoms with Gasteiger partial charge < -0.3 is 4.74 Å². The predicted octanol–water partition coefficient (Wildman–Crippen LogP) is 3.73. The van der Waals surface area contributed by atoms with E-state index in [1.54, 1.807) is 0 Å². The second-order valence-corrected chi connectivity index (χ2v) is 6.73. The average molecular weight is 354 g/mol. The van der Waals surface area contributed by atoms with Gasteiger partial charge in [0.05, 0.1) is 18.9 Å². The van der Waals surface area contributed by atoms with E-state index >= 15 is 0 Å². The number of nitrogens with zero attached hydrogens (tertiary/aromatic N) is 3. The molecule has 0 N–H and O–H groups in total. The molecule has 23 heavy (non-hydrogen) atoms. The van der Waals surface area contributed by atoms with Gasteiger partial charge in [0.15, 0.2) is 0 Å². The van der Waals surface area contributed by atoms with Gasteiger partial charge in [-0.3, -0.25) is 9.58 Å². The quantitative estimate of drug-likeness (QED) is 0.820. The second-order valence-electron chi connectivity index (χ2n) is 5.91. The van der Waals surface area contributed by atoms with Crippen molar-refractivity contribution in [3.63, 3.8) is 0 Å². The molecule has 3 rings (SSSR count). The molecule has 0 radical (unpaired) electrons. The number of benzene rings is 1. The van der Waals surface area contributed by atoms with E-state index in [2.05, 4.69) is 10.00 Å². The molecule has 6 heteroatoms. The van der Waals surface area contributed by atoms with Crippen LogP contribution in [0.25, 0.3) is 0 Å². The zero-order valence-electron chi connectivity index (χ0n) is 13.2. The number of aryl methyl sites for hydroxylation is 1. The van der Waals surface area contributed by atoms with Gasteiger partial charge in [0.2, 0.25) is 0 Å². The van der Waals surface area contributed by atoms with Crippen LogP contribution >= 0.6 is 23.2 Å². The summed E-state index contributed by atoms with van der Waals surface area (Å²) in [5.74, 6) is 0. The van der Waals surface area contributed by atoms with E-state index in [1.807, 2.05) is 42.3 Å². The topological polar surface area (TPSA) is 30.3 Å². The summed E-state index contributed by atoms with van der Waals surface area (Å²) in [5.41, 5.74) is 2.19. The summed E-state index contributed by atoms with van der Waals surface area (Å²) in [6.45, 7) is 3.64. The third kappa shape index (κ3) is 4.27. The fourth-order valence-electron chi connectivity index (χ4n) is 2.96. The van der Waals surface area contributed by atoms with Gasteiger partial charge >= 0.3 is 0 Å². The Morgan fingerprint density at radius 2 is 2.09 bits per heavy atom. The minimum Gasteiger partial charge on any atom is -0.371 e. The van der Waals surface area contributed by atoms with Crippen molar-refractivity contribution in [1.82, 2.24) is 14.7 Å². The van der Waals surface area contributed by atoms with Gasteiger partial charge in [-0.25, -0.2) is 0 Å². The van der Waals surface area contributed by atoms with Crippen molar-refractivity contribution in [1.29, 1.82) is 0 Å². The summed E-state index contributed by atoms with van der Waals surface area (Å²) in [5, 5.41) is 5.74. The first-order chi connectivity index (χ1) is 11.1. The van der Waals surface area contributed by atoms with E-state index < -0.39 is 0 Å². The lowest BCUT2D eigenvalue weighted by Gasteiger charge is -2.32. The SMILES string of the molecule is Cn1cc([C@H]2CN(CCCc3c(Cl)cccc3Cl)CCO2)cn1. The Bertz CT molecular complexity index is 639. The van der Waals surface area contributed by atoms with Gasteiger partial charge in [0, 0.05) is 41.9 Å². The zero-order chi connectivity index (χ0) is 16.2. The number of rotatable bonds is 5. The van der Waals surface area contributed by atoms with Gasteiger partial charge in [-0.2, -0.15) is 5.10 Å². The Morgan fingerprint density at radius 3 is 2.78 bits per heavy atom. The van der Waals surface area contributed by atoms with E-state index in [0.29, 0.717) is 0 Å². The first-order valence-electron chi connectivity index (χ1n) is 7.89. The van der Waals surface area contributed by atoms with Crippen molar-refractivity contribution >= 4 is 23.2 Å². The summed E-state index contributed by atoms with van der Waals surface area (Å²) in [4.78, 5) is 2.44. The summed E-state index contributed by atoms with van der Waals surface area (Å²) in [7, 11) is 1.93. The Hall–Kier alpha value is -1.07. The zero-order valence-corrected chi connectivity index (χ0v) is 14.7. The van der Waals surface area contributed by atoms with Crippen LogP contribution in [0, 0.1) is 0 Å². The van der Waals surface area contributed by atoms with Crippen molar-refractivity contribution in [2.24, 2.45) is 7.05 Å². The van der Waals surface area contributed by atoms with Crippen LogP contribution in [0.3, 0.4) is 0 Å². The second kappa shape index (κ2) is 7.67. The number of hydrogen-bond acceptors (Lipinski definition) is 3. The maximum absolute atomic E-state index is 6.23. The van der Waals surface area contributed by atoms with Crippen LogP contribution in [0.15, 0.2) is 30.6 Å². The molecule has 2 heterocycles. The third-order valence-corrected chi connectivity index (χ3v) is 4.92. The summed E-state index contributed by atoms with van der Waals surface area (Å²) in [6, 6.07) is 5.68. The van der Waals surface area contributed by atoms with Crippen LogP contribution in [0.5, 0.6) is 0 Å².